The molecule has 0 radical (unpaired) electrons. The fraction of sp³-hybridized carbons (Fsp3) is 0.143. The van der Waals surface area contributed by atoms with Crippen LogP contribution in [-0.2, 0) is 0 Å². The van der Waals surface area contributed by atoms with Crippen LogP contribution in [0.3, 0.4) is 0 Å². The van der Waals surface area contributed by atoms with E-state index in [-0.39, 0.29) is 0 Å². The van der Waals surface area contributed by atoms with E-state index in [1.54, 1.807) is 0 Å². The fourth-order valence-electron chi connectivity index (χ4n) is 0.698. The minimum absolute atomic E-state index is 0.624. The van der Waals surface area contributed by atoms with Gasteiger partial charge >= 0.3 is 0 Å². The molecule has 0 fully saturated rings. The predicted molar refractivity (Wildman–Crippen MR) is 43.5 cm³/mol. The molecule has 10 heavy (non-hydrogen) atoms. The van der Waals surface area contributed by atoms with Gasteiger partial charge in [0.1, 0.15) is 6.23 Å². The van der Waals surface area contributed by atoms with Gasteiger partial charge in [-0.1, -0.05) is 30.3 Å². The Bertz CT molecular complexity index is 190. The number of aliphatic hydroxyl groups excluding tert-OH is 1. The Morgan fingerprint density at radius 3 is 2.40 bits per heavy atom. The summed E-state index contributed by atoms with van der Waals surface area (Å²) >= 11 is 2.95. The lowest BCUT2D eigenvalue weighted by Crippen LogP contribution is -2.08. The molecule has 0 amide bonds. The monoisotopic (exact) mass is 201 g/mol. The first-order chi connectivity index (χ1) is 4.84. The highest BCUT2D eigenvalue weighted by Gasteiger charge is 2.01. The largest absolute Gasteiger partial charge is 0.373 e. The molecule has 0 saturated heterocycles. The van der Waals surface area contributed by atoms with Crippen LogP contribution in [0.5, 0.6) is 0 Å². The second-order valence-corrected chi connectivity index (χ2v) is 2.38. The lowest BCUT2D eigenvalue weighted by Gasteiger charge is -2.06. The third kappa shape index (κ3) is 1.80. The van der Waals surface area contributed by atoms with Gasteiger partial charge in [0, 0.05) is 16.1 Å². The minimum Gasteiger partial charge on any atom is -0.373 e. The van der Waals surface area contributed by atoms with Crippen LogP contribution in [0.2, 0.25) is 0 Å². The Labute approximate surface area is 68.2 Å². The first-order valence-electron chi connectivity index (χ1n) is 2.94. The van der Waals surface area contributed by atoms with Crippen LogP contribution in [0.15, 0.2) is 30.3 Å². The summed E-state index contributed by atoms with van der Waals surface area (Å²) in [7, 11) is 0. The van der Waals surface area contributed by atoms with Crippen molar-refractivity contribution in [2.45, 2.75) is 6.23 Å². The van der Waals surface area contributed by atoms with Crippen LogP contribution >= 0.6 is 16.1 Å². The lowest BCUT2D eigenvalue weighted by molar-refractivity contribution is 0.172. The number of aliphatic hydroxyl groups is 1. The molecule has 0 aromatic heterocycles. The molecule has 0 heterocycles. The van der Waals surface area contributed by atoms with Crippen LogP contribution in [0.1, 0.15) is 11.8 Å². The quantitative estimate of drug-likeness (QED) is 0.563. The third-order valence-corrected chi connectivity index (χ3v) is 1.65. The summed E-state index contributed by atoms with van der Waals surface area (Å²) in [6.07, 6.45) is -0.624. The SMILES string of the molecule is OC(NBr)c1ccccc1. The minimum atomic E-state index is -0.624. The van der Waals surface area contributed by atoms with Crippen LogP contribution < -0.4 is 4.34 Å². The smallest absolute Gasteiger partial charge is 0.140 e. The summed E-state index contributed by atoms with van der Waals surface area (Å²) in [6.45, 7) is 0. The number of benzene rings is 1. The third-order valence-electron chi connectivity index (χ3n) is 1.22. The zero-order chi connectivity index (χ0) is 7.40. The normalized spacial score (nSPS) is 13.0. The molecular formula is C7H8BrNO. The van der Waals surface area contributed by atoms with Crippen molar-refractivity contribution in [3.63, 3.8) is 0 Å². The number of hydrogen-bond acceptors (Lipinski definition) is 2. The molecule has 0 aliphatic rings. The van der Waals surface area contributed by atoms with Gasteiger partial charge in [-0.25, -0.2) is 4.34 Å². The maximum Gasteiger partial charge on any atom is 0.140 e. The molecule has 0 aliphatic heterocycles. The van der Waals surface area contributed by atoms with E-state index in [1.807, 2.05) is 30.3 Å². The molecule has 1 aromatic carbocycles. The van der Waals surface area contributed by atoms with Crippen LogP contribution in [0.4, 0.5) is 0 Å². The Morgan fingerprint density at radius 2 is 1.90 bits per heavy atom. The van der Waals surface area contributed by atoms with Gasteiger partial charge in [0.15, 0.2) is 0 Å². The maximum atomic E-state index is 9.17. The topological polar surface area (TPSA) is 32.3 Å². The van der Waals surface area contributed by atoms with E-state index in [9.17, 15) is 5.11 Å². The van der Waals surface area contributed by atoms with Gasteiger partial charge < -0.3 is 5.11 Å². The van der Waals surface area contributed by atoms with Crippen LogP contribution in [0, 0.1) is 0 Å². The Kier molecular flexibility index (Phi) is 2.86. The Balaban J connectivity index is 2.75. The zero-order valence-corrected chi connectivity index (χ0v) is 6.88. The Morgan fingerprint density at radius 1 is 1.30 bits per heavy atom. The van der Waals surface area contributed by atoms with Gasteiger partial charge in [0.25, 0.3) is 0 Å². The molecule has 1 atom stereocenters. The van der Waals surface area contributed by atoms with E-state index in [0.717, 1.165) is 5.56 Å². The summed E-state index contributed by atoms with van der Waals surface area (Å²) in [4.78, 5) is 0. The van der Waals surface area contributed by atoms with E-state index in [1.165, 1.54) is 0 Å². The predicted octanol–water partition coefficient (Wildman–Crippen LogP) is 1.58. The van der Waals surface area contributed by atoms with Gasteiger partial charge in [0.2, 0.25) is 0 Å². The number of halogens is 1. The number of rotatable bonds is 2. The zero-order valence-electron chi connectivity index (χ0n) is 5.29. The van der Waals surface area contributed by atoms with E-state index < -0.39 is 6.23 Å². The molecule has 0 bridgehead atoms. The first kappa shape index (κ1) is 7.72. The van der Waals surface area contributed by atoms with E-state index in [0.29, 0.717) is 0 Å². The van der Waals surface area contributed by atoms with Gasteiger partial charge in [-0.15, -0.1) is 0 Å². The second kappa shape index (κ2) is 3.71. The summed E-state index contributed by atoms with van der Waals surface area (Å²) < 4.78 is 2.55. The summed E-state index contributed by atoms with van der Waals surface area (Å²) in [5, 5.41) is 9.17. The van der Waals surface area contributed by atoms with Crippen molar-refractivity contribution in [2.24, 2.45) is 0 Å². The van der Waals surface area contributed by atoms with Crippen LogP contribution in [0.25, 0.3) is 0 Å². The van der Waals surface area contributed by atoms with Crippen molar-refractivity contribution in [3.05, 3.63) is 35.9 Å². The highest BCUT2D eigenvalue weighted by Crippen LogP contribution is 2.08. The van der Waals surface area contributed by atoms with Gasteiger partial charge in [0.05, 0.1) is 0 Å². The molecule has 3 heteroatoms. The van der Waals surface area contributed by atoms with Crippen molar-refractivity contribution in [1.29, 1.82) is 0 Å². The Hall–Kier alpha value is -0.380. The molecular weight excluding hydrogens is 194 g/mol. The first-order valence-corrected chi connectivity index (χ1v) is 3.73. The average Bonchev–Trinajstić information content (AvgIpc) is 2.05. The molecule has 54 valence electrons. The van der Waals surface area contributed by atoms with E-state index in [4.69, 9.17) is 0 Å². The molecule has 0 saturated carbocycles. The average molecular weight is 202 g/mol. The second-order valence-electron chi connectivity index (χ2n) is 1.92. The molecule has 1 unspecified atom stereocenters. The summed E-state index contributed by atoms with van der Waals surface area (Å²) in [5.74, 6) is 0. The highest BCUT2D eigenvalue weighted by atomic mass is 79.9. The molecule has 0 spiro atoms. The lowest BCUT2D eigenvalue weighted by atomic mass is 10.2. The van der Waals surface area contributed by atoms with Gasteiger partial charge in [-0.2, -0.15) is 0 Å². The van der Waals surface area contributed by atoms with Crippen molar-refractivity contribution in [3.8, 4) is 0 Å². The molecule has 1 aromatic rings. The molecule has 1 rings (SSSR count). The maximum absolute atomic E-state index is 9.17. The standard InChI is InChI=1S/C7H8BrNO/c8-9-7(10)6-4-2-1-3-5-6/h1-5,7,9-10H. The van der Waals surface area contributed by atoms with Crippen molar-refractivity contribution in [2.75, 3.05) is 0 Å². The highest BCUT2D eigenvalue weighted by molar-refractivity contribution is 9.08. The van der Waals surface area contributed by atoms with Crippen molar-refractivity contribution < 1.29 is 5.11 Å². The molecule has 2 N–H and O–H groups in total. The number of nitrogens with one attached hydrogen (secondary N) is 1. The van der Waals surface area contributed by atoms with Gasteiger partial charge in [-0.05, 0) is 5.56 Å². The summed E-state index contributed by atoms with van der Waals surface area (Å²) in [6, 6.07) is 9.36. The number of hydrogen-bond donors (Lipinski definition) is 2. The summed E-state index contributed by atoms with van der Waals surface area (Å²) in [5.41, 5.74) is 0.847. The van der Waals surface area contributed by atoms with Crippen molar-refractivity contribution >= 4 is 16.1 Å². The molecule has 2 nitrogen and oxygen atoms in total. The van der Waals surface area contributed by atoms with Crippen LogP contribution in [-0.4, -0.2) is 5.11 Å². The molecule has 0 aliphatic carbocycles. The van der Waals surface area contributed by atoms with Gasteiger partial charge in [-0.3, -0.25) is 0 Å². The van der Waals surface area contributed by atoms with E-state index >= 15 is 0 Å². The van der Waals surface area contributed by atoms with Crippen molar-refractivity contribution in [1.82, 2.24) is 4.34 Å². The van der Waals surface area contributed by atoms with E-state index in [2.05, 4.69) is 20.5 Å². The fourth-order valence-corrected chi connectivity index (χ4v) is 0.963.